The van der Waals surface area contributed by atoms with E-state index in [0.717, 1.165) is 0 Å². The normalized spacial score (nSPS) is 12.3. The maximum atomic E-state index is 14.2. The summed E-state index contributed by atoms with van der Waals surface area (Å²) >= 11 is 0. The molecule has 0 aliphatic carbocycles. The van der Waals surface area contributed by atoms with Gasteiger partial charge in [0.25, 0.3) is 12.7 Å². The second-order valence-corrected chi connectivity index (χ2v) is 25.5. The van der Waals surface area contributed by atoms with E-state index in [2.05, 4.69) is 187 Å². The SMILES string of the molecule is Cc1cc(C)c(-n2[c-][n+](-c3c(C)cc(C)cc3C)cc2)c(C)c1.Cc1cc(C)c(-n2[c-][n+](-c3c(C)cc(C)cc3C)cc2)c(C)c1.FC(F)(F)c1cc([B-](c2cc(C(F)(F)F)cc(C(F)(F)F)c2)(c2cc(C(F)(F)F)cc(C(F)(F)F)c2)c2cc(C(F)(F)F)cc(C(F)(F)F)c2)cc(C(F)(F)F)c1.[Cl-].[Cl-].[Ir].[Na+].[Na+]. The van der Waals surface area contributed by atoms with E-state index in [-0.39, 0.29) is 104 Å². The first-order valence-corrected chi connectivity index (χ1v) is 30.7. The largest absolute Gasteiger partial charge is 1.00 e. The van der Waals surface area contributed by atoms with Crippen molar-refractivity contribution in [2.75, 3.05) is 0 Å². The molecule has 2 heterocycles. The van der Waals surface area contributed by atoms with Gasteiger partial charge in [0.05, 0.1) is 67.3 Å². The van der Waals surface area contributed by atoms with Gasteiger partial charge in [-0.25, -0.2) is 0 Å². The van der Waals surface area contributed by atoms with Crippen LogP contribution < -0.4 is 115 Å². The van der Waals surface area contributed by atoms with Gasteiger partial charge in [-0.05, 0) is 152 Å². The molecule has 0 N–H and O–H groups in total. The van der Waals surface area contributed by atoms with Crippen LogP contribution in [0.15, 0.2) is 146 Å². The Morgan fingerprint density at radius 2 is 0.417 bits per heavy atom. The van der Waals surface area contributed by atoms with E-state index in [1.165, 1.54) is 89.5 Å². The molecule has 34 heteroatoms. The van der Waals surface area contributed by atoms with Crippen molar-refractivity contribution in [3.63, 3.8) is 0 Å². The Hall–Kier alpha value is -6.21. The summed E-state index contributed by atoms with van der Waals surface area (Å²) in [6, 6.07) is 8.99. The van der Waals surface area contributed by atoms with Crippen LogP contribution in [-0.2, 0) is 69.5 Å². The quantitative estimate of drug-likeness (QED) is 0.0636. The van der Waals surface area contributed by atoms with Crippen molar-refractivity contribution < 1.29 is 219 Å². The summed E-state index contributed by atoms with van der Waals surface area (Å²) in [5.41, 5.74) is -9.91. The molecule has 0 saturated heterocycles. The summed E-state index contributed by atoms with van der Waals surface area (Å²) in [6.45, 7) is 25.9. The Morgan fingerprint density at radius 1 is 0.259 bits per heavy atom. The zero-order valence-corrected chi connectivity index (χ0v) is 67.3. The molecular weight excluding hydrogens is 1720 g/mol. The number of benzene rings is 8. The summed E-state index contributed by atoms with van der Waals surface area (Å²) in [7, 11) is 0. The van der Waals surface area contributed by atoms with E-state index in [4.69, 9.17) is 0 Å². The number of halogens is 26. The van der Waals surface area contributed by atoms with Gasteiger partial charge in [0.1, 0.15) is 6.15 Å². The van der Waals surface area contributed by atoms with E-state index in [1.807, 2.05) is 0 Å². The Bertz CT molecular complexity index is 4050. The molecule has 1 radical (unpaired) electrons. The summed E-state index contributed by atoms with van der Waals surface area (Å²) in [4.78, 5) is 0. The van der Waals surface area contributed by atoms with E-state index < -0.39 is 195 Å². The average molecular weight is 1780 g/mol. The standard InChI is InChI=1S/C32H12BF24.2C21H24N2.2ClH.Ir.2Na/c34-25(35,36)13-1-14(26(37,38)39)6-21(5-13)33(22-7-15(27(40,41)42)2-16(8-22)28(43,44)45,23-9-17(29(46,47)48)3-18(10-23)30(49,50)51)24-11-19(31(52,53)54)4-20(12-24)32(55,56)57;2*1-14-9-16(3)20(17(4)10-14)22-7-8-23(13-22)21-18(5)11-15(2)12-19(21)6;;;;;/h1-12H;2*7-12H,1-6H3;2*1H;;;/q-1;;;;;;2*+1/p-2. The fraction of sp³-hybridized carbons (Fsp3) is 0.270. The molecule has 0 unspecified atom stereocenters. The van der Waals surface area contributed by atoms with Crippen LogP contribution in [0, 0.1) is 95.7 Å². The molecule has 8 aromatic carbocycles. The van der Waals surface area contributed by atoms with Crippen molar-refractivity contribution in [2.45, 2.75) is 132 Å². The van der Waals surface area contributed by atoms with Crippen molar-refractivity contribution in [1.82, 2.24) is 9.13 Å². The molecule has 0 atom stereocenters. The third kappa shape index (κ3) is 21.7. The van der Waals surface area contributed by atoms with E-state index >= 15 is 0 Å². The van der Waals surface area contributed by atoms with Crippen molar-refractivity contribution >= 4 is 28.0 Å². The molecule has 0 spiro atoms. The van der Waals surface area contributed by atoms with Crippen LogP contribution in [0.25, 0.3) is 22.7 Å². The van der Waals surface area contributed by atoms with Gasteiger partial charge in [0.2, 0.25) is 0 Å². The summed E-state index contributed by atoms with van der Waals surface area (Å²) < 4.78 is 349. The van der Waals surface area contributed by atoms with Gasteiger partial charge < -0.3 is 24.8 Å². The predicted octanol–water partition coefficient (Wildman–Crippen LogP) is 8.04. The predicted molar refractivity (Wildman–Crippen MR) is 339 cm³/mol. The number of alkyl halides is 24. The number of imidazole rings is 2. The van der Waals surface area contributed by atoms with Crippen LogP contribution in [-0.4, -0.2) is 15.3 Å². The van der Waals surface area contributed by atoms with Crippen molar-refractivity contribution in [3.8, 4) is 22.7 Å². The summed E-state index contributed by atoms with van der Waals surface area (Å²) in [5, 5.41) is 0. The molecule has 0 fully saturated rings. The number of nitrogens with zero attached hydrogens (tertiary/aromatic N) is 4. The van der Waals surface area contributed by atoms with Gasteiger partial charge >= 0.3 is 109 Å². The smallest absolute Gasteiger partial charge is 1.00 e. The average Bonchev–Trinajstić information content (AvgIpc) is 0.872. The molecule has 573 valence electrons. The van der Waals surface area contributed by atoms with Gasteiger partial charge in [-0.1, -0.05) is 119 Å². The Morgan fingerprint density at radius 3 is 0.574 bits per heavy atom. The van der Waals surface area contributed by atoms with Crippen molar-refractivity contribution in [3.05, 3.63) is 270 Å². The van der Waals surface area contributed by atoms with Crippen LogP contribution in [0.2, 0.25) is 0 Å². The molecule has 0 aliphatic heterocycles. The van der Waals surface area contributed by atoms with Crippen molar-refractivity contribution in [2.24, 2.45) is 0 Å². The maximum Gasteiger partial charge on any atom is 1.00 e. The van der Waals surface area contributed by atoms with Crippen LogP contribution in [0.4, 0.5) is 105 Å². The molecule has 10 aromatic rings. The number of hydrogen-bond acceptors (Lipinski definition) is 0. The first kappa shape index (κ1) is 96.0. The van der Waals surface area contributed by atoms with E-state index in [0.29, 0.717) is 0 Å². The molecule has 108 heavy (non-hydrogen) atoms. The molecular formula is C74H60BCl2F24IrN4Na2-. The topological polar surface area (TPSA) is 17.6 Å². The first-order chi connectivity index (χ1) is 47.0. The second kappa shape index (κ2) is 34.8. The fourth-order valence-corrected chi connectivity index (χ4v) is 13.4. The maximum absolute atomic E-state index is 14.2. The summed E-state index contributed by atoms with van der Waals surface area (Å²) in [6.07, 6.45) is -39.5. The number of aromatic nitrogens is 4. The molecule has 0 saturated carbocycles. The summed E-state index contributed by atoms with van der Waals surface area (Å²) in [5.74, 6) is 0. The zero-order valence-electron chi connectivity index (χ0n) is 59.4. The first-order valence-electron chi connectivity index (χ1n) is 30.7. The minimum absolute atomic E-state index is 0. The number of rotatable bonds is 8. The molecule has 2 aromatic heterocycles. The number of aryl methyl sites for hydroxylation is 12. The van der Waals surface area contributed by atoms with Gasteiger partial charge in [0, 0.05) is 44.9 Å². The van der Waals surface area contributed by atoms with E-state index in [9.17, 15) is 105 Å². The van der Waals surface area contributed by atoms with E-state index in [1.54, 1.807) is 0 Å². The fourth-order valence-electron chi connectivity index (χ4n) is 13.4. The monoisotopic (exact) mass is 1780 g/mol. The third-order valence-electron chi connectivity index (χ3n) is 17.1. The minimum atomic E-state index is -6.13. The van der Waals surface area contributed by atoms with Gasteiger partial charge in [-0.2, -0.15) is 127 Å². The number of hydrogen-bond donors (Lipinski definition) is 0. The zero-order chi connectivity index (χ0) is 77.4. The minimum Gasteiger partial charge on any atom is -1.00 e. The van der Waals surface area contributed by atoms with Crippen LogP contribution in [0.1, 0.15) is 111 Å². The molecule has 0 amide bonds. The van der Waals surface area contributed by atoms with Crippen molar-refractivity contribution in [1.29, 1.82) is 0 Å². The molecule has 4 nitrogen and oxygen atoms in total. The van der Waals surface area contributed by atoms with Gasteiger partial charge in [-0.3, -0.25) is 18.3 Å². The van der Waals surface area contributed by atoms with Crippen LogP contribution in [0.3, 0.4) is 0 Å². The Balaban J connectivity index is 0.000000485. The van der Waals surface area contributed by atoms with Gasteiger partial charge in [0.15, 0.2) is 0 Å². The Kier molecular flexibility index (Phi) is 30.9. The molecule has 0 aliphatic rings. The third-order valence-corrected chi connectivity index (χ3v) is 17.1. The Labute approximate surface area is 675 Å². The molecule has 10 rings (SSSR count). The van der Waals surface area contributed by atoms with Gasteiger partial charge in [-0.15, -0.1) is 0 Å². The van der Waals surface area contributed by atoms with Crippen LogP contribution in [0.5, 0.6) is 0 Å². The second-order valence-electron chi connectivity index (χ2n) is 25.5. The van der Waals surface area contributed by atoms with Crippen LogP contribution >= 0.6 is 0 Å². The molecule has 0 bridgehead atoms.